The molecule has 0 atom stereocenters. The van der Waals surface area contributed by atoms with E-state index in [9.17, 15) is 14.4 Å². The van der Waals surface area contributed by atoms with E-state index < -0.39 is 11.9 Å². The van der Waals surface area contributed by atoms with Gasteiger partial charge in [-0.15, -0.1) is 0 Å². The van der Waals surface area contributed by atoms with Gasteiger partial charge in [-0.1, -0.05) is 30.3 Å². The molecule has 0 unspecified atom stereocenters. The fraction of sp³-hybridized carbons (Fsp3) is 0.286. The maximum absolute atomic E-state index is 12.3. The summed E-state index contributed by atoms with van der Waals surface area (Å²) in [7, 11) is 0. The second kappa shape index (κ2) is 9.59. The minimum absolute atomic E-state index is 0.111. The Balaban J connectivity index is 1.43. The van der Waals surface area contributed by atoms with Crippen LogP contribution in [0.2, 0.25) is 0 Å². The summed E-state index contributed by atoms with van der Waals surface area (Å²) in [4.78, 5) is 37.9. The van der Waals surface area contributed by atoms with E-state index in [4.69, 9.17) is 14.2 Å². The molecule has 0 saturated carbocycles. The molecule has 152 valence electrons. The van der Waals surface area contributed by atoms with Crippen LogP contribution in [0.25, 0.3) is 0 Å². The largest absolute Gasteiger partial charge is 0.454 e. The highest BCUT2D eigenvalue weighted by Gasteiger charge is 2.18. The molecule has 29 heavy (non-hydrogen) atoms. The summed E-state index contributed by atoms with van der Waals surface area (Å²) in [5.41, 5.74) is 1.32. The van der Waals surface area contributed by atoms with E-state index in [1.165, 1.54) is 6.07 Å². The maximum atomic E-state index is 12.3. The van der Waals surface area contributed by atoms with Gasteiger partial charge in [-0.2, -0.15) is 0 Å². The molecule has 0 fully saturated rings. The van der Waals surface area contributed by atoms with Crippen LogP contribution in [-0.2, 0) is 20.9 Å². The van der Waals surface area contributed by atoms with Gasteiger partial charge in [0.25, 0.3) is 11.8 Å². The lowest BCUT2D eigenvalue weighted by molar-refractivity contribution is -0.151. The van der Waals surface area contributed by atoms with Crippen LogP contribution in [0, 0.1) is 0 Å². The first-order valence-electron chi connectivity index (χ1n) is 9.22. The highest BCUT2D eigenvalue weighted by atomic mass is 16.7. The van der Waals surface area contributed by atoms with E-state index in [1.807, 2.05) is 37.3 Å². The second-order valence-electron chi connectivity index (χ2n) is 6.30. The van der Waals surface area contributed by atoms with Crippen LogP contribution >= 0.6 is 0 Å². The normalized spacial score (nSPS) is 11.6. The molecule has 0 radical (unpaired) electrons. The number of hydrogen-bond acceptors (Lipinski definition) is 6. The van der Waals surface area contributed by atoms with Gasteiger partial charge in [-0.25, -0.2) is 0 Å². The van der Waals surface area contributed by atoms with E-state index in [0.29, 0.717) is 30.2 Å². The minimum Gasteiger partial charge on any atom is -0.454 e. The van der Waals surface area contributed by atoms with E-state index in [-0.39, 0.29) is 25.9 Å². The number of amides is 2. The Morgan fingerprint density at radius 1 is 1.07 bits per heavy atom. The summed E-state index contributed by atoms with van der Waals surface area (Å²) in [6.07, 6.45) is 0. The molecule has 1 aliphatic heterocycles. The van der Waals surface area contributed by atoms with Crippen molar-refractivity contribution in [1.82, 2.24) is 10.2 Å². The predicted molar refractivity (Wildman–Crippen MR) is 103 cm³/mol. The summed E-state index contributed by atoms with van der Waals surface area (Å²) < 4.78 is 15.4. The molecule has 3 rings (SSSR count). The molecular formula is C21H22N2O6. The molecule has 2 amide bonds. The van der Waals surface area contributed by atoms with Crippen LogP contribution < -0.4 is 14.8 Å². The zero-order valence-electron chi connectivity index (χ0n) is 16.1. The average molecular weight is 398 g/mol. The van der Waals surface area contributed by atoms with Crippen LogP contribution in [0.3, 0.4) is 0 Å². The number of likely N-dealkylation sites (N-methyl/N-ethyl adjacent to an activating group) is 1. The van der Waals surface area contributed by atoms with E-state index in [2.05, 4.69) is 5.32 Å². The van der Waals surface area contributed by atoms with Gasteiger partial charge in [0, 0.05) is 18.7 Å². The van der Waals surface area contributed by atoms with Gasteiger partial charge in [0.2, 0.25) is 6.79 Å². The highest BCUT2D eigenvalue weighted by molar-refractivity contribution is 5.96. The third-order valence-electron chi connectivity index (χ3n) is 4.34. The van der Waals surface area contributed by atoms with E-state index in [1.54, 1.807) is 17.0 Å². The number of esters is 1. The number of nitrogens with one attached hydrogen (secondary N) is 1. The molecule has 0 aromatic heterocycles. The number of nitrogens with zero attached hydrogens (tertiary/aromatic N) is 1. The fourth-order valence-electron chi connectivity index (χ4n) is 2.76. The molecule has 0 spiro atoms. The number of fused-ring (bicyclic) bond motifs is 1. The molecule has 8 nitrogen and oxygen atoms in total. The van der Waals surface area contributed by atoms with Crippen LogP contribution in [0.5, 0.6) is 11.5 Å². The van der Waals surface area contributed by atoms with Crippen molar-refractivity contribution < 1.29 is 28.6 Å². The maximum Gasteiger partial charge on any atom is 0.325 e. The van der Waals surface area contributed by atoms with Crippen LogP contribution in [0.15, 0.2) is 48.5 Å². The number of rotatable bonds is 8. The quantitative estimate of drug-likeness (QED) is 0.681. The number of carbonyl (C=O) groups excluding carboxylic acids is 3. The van der Waals surface area contributed by atoms with Gasteiger partial charge in [0.15, 0.2) is 18.1 Å². The third-order valence-corrected chi connectivity index (χ3v) is 4.34. The van der Waals surface area contributed by atoms with Gasteiger partial charge in [0.1, 0.15) is 6.54 Å². The van der Waals surface area contributed by atoms with E-state index in [0.717, 1.165) is 5.56 Å². The van der Waals surface area contributed by atoms with Crippen molar-refractivity contribution in [3.8, 4) is 11.5 Å². The molecule has 1 N–H and O–H groups in total. The molecule has 2 aromatic rings. The van der Waals surface area contributed by atoms with Crippen LogP contribution in [0.4, 0.5) is 0 Å². The van der Waals surface area contributed by atoms with Gasteiger partial charge < -0.3 is 24.4 Å². The fourth-order valence-corrected chi connectivity index (χ4v) is 2.76. The lowest BCUT2D eigenvalue weighted by Crippen LogP contribution is -2.36. The zero-order chi connectivity index (χ0) is 20.6. The molecule has 8 heteroatoms. The van der Waals surface area contributed by atoms with Crippen molar-refractivity contribution in [2.24, 2.45) is 0 Å². The van der Waals surface area contributed by atoms with Gasteiger partial charge in [0.05, 0.1) is 0 Å². The van der Waals surface area contributed by atoms with Crippen molar-refractivity contribution in [1.29, 1.82) is 0 Å². The third kappa shape index (κ3) is 5.47. The summed E-state index contributed by atoms with van der Waals surface area (Å²) in [5.74, 6) is -0.403. The summed E-state index contributed by atoms with van der Waals surface area (Å²) in [5, 5.41) is 2.46. The lowest BCUT2D eigenvalue weighted by atomic mass is 10.2. The molecule has 2 aromatic carbocycles. The Labute approximate surface area is 168 Å². The topological polar surface area (TPSA) is 94.2 Å². The first-order chi connectivity index (χ1) is 14.1. The Morgan fingerprint density at radius 3 is 2.59 bits per heavy atom. The lowest BCUT2D eigenvalue weighted by Gasteiger charge is -2.20. The standard InChI is InChI=1S/C21H22N2O6/c1-2-23(12-15-6-4-3-5-7-15)19(24)13-27-20(25)11-22-21(26)16-8-9-17-18(10-16)29-14-28-17/h3-10H,2,11-14H2,1H3,(H,22,26). The van der Waals surface area contributed by atoms with E-state index >= 15 is 0 Å². The Hall–Kier alpha value is -3.55. The number of benzene rings is 2. The van der Waals surface area contributed by atoms with Gasteiger partial charge in [-0.3, -0.25) is 14.4 Å². The SMILES string of the molecule is CCN(Cc1ccccc1)C(=O)COC(=O)CNC(=O)c1ccc2c(c1)OCO2. The Bertz CT molecular complexity index is 884. The first-order valence-corrected chi connectivity index (χ1v) is 9.22. The highest BCUT2D eigenvalue weighted by Crippen LogP contribution is 2.32. The molecule has 0 aliphatic carbocycles. The molecule has 0 saturated heterocycles. The Kier molecular flexibility index (Phi) is 6.67. The zero-order valence-corrected chi connectivity index (χ0v) is 16.1. The smallest absolute Gasteiger partial charge is 0.325 e. The molecule has 0 bridgehead atoms. The minimum atomic E-state index is -0.691. The monoisotopic (exact) mass is 398 g/mol. The van der Waals surface area contributed by atoms with Gasteiger partial charge >= 0.3 is 5.97 Å². The number of hydrogen-bond donors (Lipinski definition) is 1. The summed E-state index contributed by atoms with van der Waals surface area (Å²) in [6.45, 7) is 2.18. The first kappa shape index (κ1) is 20.2. The van der Waals surface area contributed by atoms with Crippen molar-refractivity contribution in [3.05, 3.63) is 59.7 Å². The molecule has 1 aliphatic rings. The molecular weight excluding hydrogens is 376 g/mol. The average Bonchev–Trinajstić information content (AvgIpc) is 3.22. The van der Waals surface area contributed by atoms with Gasteiger partial charge in [-0.05, 0) is 30.7 Å². The van der Waals surface area contributed by atoms with Crippen molar-refractivity contribution in [2.45, 2.75) is 13.5 Å². The Morgan fingerprint density at radius 2 is 1.83 bits per heavy atom. The summed E-state index contributed by atoms with van der Waals surface area (Å²) in [6, 6.07) is 14.3. The van der Waals surface area contributed by atoms with Crippen LogP contribution in [-0.4, -0.2) is 49.2 Å². The number of carbonyl (C=O) groups is 3. The number of ether oxygens (including phenoxy) is 3. The van der Waals surface area contributed by atoms with Crippen molar-refractivity contribution in [2.75, 3.05) is 26.5 Å². The predicted octanol–water partition coefficient (Wildman–Crippen LogP) is 1.74. The van der Waals surface area contributed by atoms with Crippen molar-refractivity contribution >= 4 is 17.8 Å². The van der Waals surface area contributed by atoms with Crippen molar-refractivity contribution in [3.63, 3.8) is 0 Å². The van der Waals surface area contributed by atoms with Crippen LogP contribution in [0.1, 0.15) is 22.8 Å². The molecule has 1 heterocycles. The second-order valence-corrected chi connectivity index (χ2v) is 6.30. The summed E-state index contributed by atoms with van der Waals surface area (Å²) >= 11 is 0.